The third-order valence-corrected chi connectivity index (χ3v) is 7.70. The maximum atomic E-state index is 13.4. The second-order valence-electron chi connectivity index (χ2n) is 9.50. The number of aryl methyl sites for hydroxylation is 1. The van der Waals surface area contributed by atoms with E-state index in [1.165, 1.54) is 6.42 Å². The highest BCUT2D eigenvalue weighted by molar-refractivity contribution is 5.90. The molecule has 1 aromatic carbocycles. The normalized spacial score (nSPS) is 21.1. The summed E-state index contributed by atoms with van der Waals surface area (Å²) in [5, 5.41) is 22.7. The van der Waals surface area contributed by atoms with E-state index >= 15 is 0 Å². The van der Waals surface area contributed by atoms with Crippen LogP contribution in [0.4, 0.5) is 0 Å². The minimum atomic E-state index is -1.84. The number of phenolic OH excluding ortho intramolecular Hbond substituents is 1. The highest BCUT2D eigenvalue weighted by atomic mass is 16.6. The smallest absolute Gasteiger partial charge is 0.343 e. The maximum Gasteiger partial charge on any atom is 0.343 e. The summed E-state index contributed by atoms with van der Waals surface area (Å²) in [6, 6.07) is 5.49. The lowest BCUT2D eigenvalue weighted by molar-refractivity contribution is -0.172. The highest BCUT2D eigenvalue weighted by Gasteiger charge is 2.45. The Balaban J connectivity index is 1.58. The Morgan fingerprint density at radius 1 is 1.15 bits per heavy atom. The lowest BCUT2D eigenvalue weighted by atomic mass is 9.86. The quantitative estimate of drug-likeness (QED) is 0.450. The number of aliphatic hydroxyl groups is 1. The number of carbonyl (C=O) groups is 1. The molecule has 3 aliphatic heterocycles. The predicted molar refractivity (Wildman–Crippen MR) is 125 cm³/mol. The van der Waals surface area contributed by atoms with Crippen molar-refractivity contribution < 1.29 is 19.7 Å². The molecule has 8 heteroatoms. The number of pyridine rings is 2. The standard InChI is InChI=1S/C26H27N3O5/c1-3-15-16-9-22(30)14(11-28-6-5-7-28)8-20(16)27-23-17(15)12-29-21(23)10-19-18(24(29)31)13-34-25(32)26(19,33)4-2/h8-10,30,33H,3-7,11-13H2,1-2H3/t26-/m0/s1. The number of ether oxygens (including phenoxy) is 1. The molecule has 3 aromatic rings. The van der Waals surface area contributed by atoms with Crippen LogP contribution in [0.1, 0.15) is 54.5 Å². The van der Waals surface area contributed by atoms with Crippen LogP contribution in [-0.2, 0) is 41.2 Å². The van der Waals surface area contributed by atoms with Crippen molar-refractivity contribution in [3.63, 3.8) is 0 Å². The van der Waals surface area contributed by atoms with Gasteiger partial charge in [0.05, 0.1) is 29.0 Å². The summed E-state index contributed by atoms with van der Waals surface area (Å²) >= 11 is 0. The lowest BCUT2D eigenvalue weighted by Crippen LogP contribution is -2.44. The Kier molecular flexibility index (Phi) is 4.63. The van der Waals surface area contributed by atoms with E-state index in [1.807, 2.05) is 6.07 Å². The minimum Gasteiger partial charge on any atom is -0.508 e. The van der Waals surface area contributed by atoms with Crippen molar-refractivity contribution in [2.24, 2.45) is 0 Å². The summed E-state index contributed by atoms with van der Waals surface area (Å²) in [5.41, 5.74) is 3.43. The van der Waals surface area contributed by atoms with Crippen LogP contribution in [0.25, 0.3) is 22.3 Å². The number of hydrogen-bond acceptors (Lipinski definition) is 7. The van der Waals surface area contributed by atoms with Gasteiger partial charge in [-0.25, -0.2) is 9.78 Å². The number of esters is 1. The molecule has 1 atom stereocenters. The summed E-state index contributed by atoms with van der Waals surface area (Å²) in [6.07, 6.45) is 2.00. The van der Waals surface area contributed by atoms with Gasteiger partial charge in [-0.15, -0.1) is 0 Å². The number of rotatable bonds is 4. The zero-order chi connectivity index (χ0) is 23.8. The molecule has 1 fully saturated rings. The maximum absolute atomic E-state index is 13.4. The summed E-state index contributed by atoms with van der Waals surface area (Å²) in [4.78, 5) is 33.1. The molecule has 8 nitrogen and oxygen atoms in total. The SMILES string of the molecule is CCc1c2c(nc3cc(CN4CCC4)c(O)cc13)-c1cc3c(c(=O)n1C2)COC(=O)[C@]3(O)CC. The fourth-order valence-electron chi connectivity index (χ4n) is 5.55. The van der Waals surface area contributed by atoms with E-state index in [2.05, 4.69) is 11.8 Å². The molecule has 0 bridgehead atoms. The van der Waals surface area contributed by atoms with Gasteiger partial charge < -0.3 is 19.5 Å². The van der Waals surface area contributed by atoms with Crippen LogP contribution in [0, 0.1) is 0 Å². The summed E-state index contributed by atoms with van der Waals surface area (Å²) in [7, 11) is 0. The molecule has 0 saturated carbocycles. The number of hydrogen-bond donors (Lipinski definition) is 2. The summed E-state index contributed by atoms with van der Waals surface area (Å²) in [5.74, 6) is -0.459. The van der Waals surface area contributed by atoms with Crippen molar-refractivity contribution in [2.75, 3.05) is 13.1 Å². The van der Waals surface area contributed by atoms with E-state index in [0.29, 0.717) is 35.6 Å². The monoisotopic (exact) mass is 461 g/mol. The zero-order valence-electron chi connectivity index (χ0n) is 19.3. The van der Waals surface area contributed by atoms with Crippen molar-refractivity contribution in [3.05, 3.63) is 56.4 Å². The number of carbonyl (C=O) groups excluding carboxylic acids is 1. The molecule has 5 heterocycles. The second-order valence-corrected chi connectivity index (χ2v) is 9.50. The van der Waals surface area contributed by atoms with E-state index in [4.69, 9.17) is 9.72 Å². The largest absolute Gasteiger partial charge is 0.508 e. The van der Waals surface area contributed by atoms with Gasteiger partial charge in [0.25, 0.3) is 5.56 Å². The average molecular weight is 462 g/mol. The fourth-order valence-corrected chi connectivity index (χ4v) is 5.55. The van der Waals surface area contributed by atoms with Crippen LogP contribution < -0.4 is 5.56 Å². The van der Waals surface area contributed by atoms with Crippen molar-refractivity contribution in [3.8, 4) is 17.1 Å². The number of aromatic nitrogens is 2. The van der Waals surface area contributed by atoms with E-state index in [9.17, 15) is 19.8 Å². The molecule has 0 aliphatic carbocycles. The van der Waals surface area contributed by atoms with Gasteiger partial charge in [-0.05, 0) is 56.1 Å². The number of likely N-dealkylation sites (tertiary alicyclic amines) is 1. The van der Waals surface area contributed by atoms with E-state index in [1.54, 1.807) is 23.6 Å². The van der Waals surface area contributed by atoms with Gasteiger partial charge >= 0.3 is 5.97 Å². The number of phenols is 1. The Morgan fingerprint density at radius 3 is 2.62 bits per heavy atom. The molecule has 0 amide bonds. The third-order valence-electron chi connectivity index (χ3n) is 7.70. The van der Waals surface area contributed by atoms with E-state index in [-0.39, 0.29) is 24.3 Å². The number of fused-ring (bicyclic) bond motifs is 5. The number of cyclic esters (lactones) is 1. The van der Waals surface area contributed by atoms with Gasteiger partial charge in [0, 0.05) is 28.6 Å². The molecule has 1 saturated heterocycles. The Morgan fingerprint density at radius 2 is 1.94 bits per heavy atom. The van der Waals surface area contributed by atoms with Gasteiger partial charge in [-0.1, -0.05) is 13.8 Å². The van der Waals surface area contributed by atoms with Crippen molar-refractivity contribution in [2.45, 2.75) is 58.4 Å². The lowest BCUT2D eigenvalue weighted by Gasteiger charge is -2.31. The molecule has 2 aromatic heterocycles. The molecule has 0 unspecified atom stereocenters. The molecule has 176 valence electrons. The van der Waals surface area contributed by atoms with Crippen LogP contribution in [0.3, 0.4) is 0 Å². The average Bonchev–Trinajstić information content (AvgIpc) is 3.16. The first-order valence-electron chi connectivity index (χ1n) is 11.9. The second kappa shape index (κ2) is 7.38. The van der Waals surface area contributed by atoms with Gasteiger partial charge in [0.15, 0.2) is 5.60 Å². The first-order chi connectivity index (χ1) is 16.4. The van der Waals surface area contributed by atoms with E-state index in [0.717, 1.165) is 47.1 Å². The summed E-state index contributed by atoms with van der Waals surface area (Å²) in [6.45, 7) is 6.70. The fraction of sp³-hybridized carbons (Fsp3) is 0.423. The molecular weight excluding hydrogens is 434 g/mol. The summed E-state index contributed by atoms with van der Waals surface area (Å²) < 4.78 is 6.82. The van der Waals surface area contributed by atoms with Crippen molar-refractivity contribution >= 4 is 16.9 Å². The molecule has 34 heavy (non-hydrogen) atoms. The van der Waals surface area contributed by atoms with Crippen LogP contribution in [0.5, 0.6) is 5.75 Å². The van der Waals surface area contributed by atoms with Gasteiger partial charge in [-0.2, -0.15) is 0 Å². The Hall–Kier alpha value is -3.23. The Bertz CT molecular complexity index is 1440. The topological polar surface area (TPSA) is 105 Å². The molecule has 3 aliphatic rings. The van der Waals surface area contributed by atoms with Crippen LogP contribution in [0.15, 0.2) is 23.0 Å². The molecule has 0 spiro atoms. The number of aromatic hydroxyl groups is 1. The Labute approximate surface area is 196 Å². The highest BCUT2D eigenvalue weighted by Crippen LogP contribution is 2.41. The first-order valence-corrected chi connectivity index (χ1v) is 11.9. The number of benzene rings is 1. The van der Waals surface area contributed by atoms with Crippen LogP contribution >= 0.6 is 0 Å². The molecular formula is C26H27N3O5. The van der Waals surface area contributed by atoms with Crippen LogP contribution in [-0.4, -0.2) is 43.7 Å². The molecule has 6 rings (SSSR count). The van der Waals surface area contributed by atoms with Crippen LogP contribution in [0.2, 0.25) is 0 Å². The van der Waals surface area contributed by atoms with Gasteiger partial charge in [-0.3, -0.25) is 9.69 Å². The first kappa shape index (κ1) is 21.3. The van der Waals surface area contributed by atoms with E-state index < -0.39 is 11.6 Å². The predicted octanol–water partition coefficient (Wildman–Crippen LogP) is 2.55. The van der Waals surface area contributed by atoms with Crippen molar-refractivity contribution in [1.82, 2.24) is 14.5 Å². The zero-order valence-corrected chi connectivity index (χ0v) is 19.3. The van der Waals surface area contributed by atoms with Gasteiger partial charge in [0.1, 0.15) is 12.4 Å². The third kappa shape index (κ3) is 2.82. The molecule has 0 radical (unpaired) electrons. The number of nitrogens with zero attached hydrogens (tertiary/aromatic N) is 3. The van der Waals surface area contributed by atoms with Crippen molar-refractivity contribution in [1.29, 1.82) is 0 Å². The van der Waals surface area contributed by atoms with Gasteiger partial charge in [0.2, 0.25) is 0 Å². The molecule has 2 N–H and O–H groups in total. The minimum absolute atomic E-state index is 0.110.